The molecular formula is C21H32ClN3O4. The van der Waals surface area contributed by atoms with Crippen LogP contribution in [0.4, 0.5) is 5.69 Å². The molecule has 0 unspecified atom stereocenters. The Labute approximate surface area is 177 Å². The molecule has 0 saturated carbocycles. The van der Waals surface area contributed by atoms with Crippen molar-refractivity contribution < 1.29 is 19.1 Å². The van der Waals surface area contributed by atoms with Gasteiger partial charge in [0.15, 0.2) is 0 Å². The van der Waals surface area contributed by atoms with E-state index >= 15 is 0 Å². The molecule has 0 spiro atoms. The summed E-state index contributed by atoms with van der Waals surface area (Å²) in [5, 5.41) is 3.34. The quantitative estimate of drug-likeness (QED) is 0.339. The van der Waals surface area contributed by atoms with E-state index in [1.807, 2.05) is 0 Å². The number of esters is 1. The highest BCUT2D eigenvalue weighted by Gasteiger charge is 2.24. The first kappa shape index (κ1) is 23.3. The lowest BCUT2D eigenvalue weighted by molar-refractivity contribution is -0.145. The van der Waals surface area contributed by atoms with Gasteiger partial charge in [-0.05, 0) is 25.3 Å². The molecule has 29 heavy (non-hydrogen) atoms. The summed E-state index contributed by atoms with van der Waals surface area (Å²) in [6.07, 6.45) is 5.88. The van der Waals surface area contributed by atoms with Crippen molar-refractivity contribution in [2.75, 3.05) is 39.1 Å². The zero-order valence-electron chi connectivity index (χ0n) is 17.3. The highest BCUT2D eigenvalue weighted by atomic mass is 35.5. The van der Waals surface area contributed by atoms with Crippen molar-refractivity contribution >= 4 is 29.2 Å². The maximum absolute atomic E-state index is 12.6. The Kier molecular flexibility index (Phi) is 9.54. The van der Waals surface area contributed by atoms with Gasteiger partial charge in [-0.2, -0.15) is 0 Å². The normalized spacial score (nSPS) is 15.1. The standard InChI is InChI=1S/C21H32ClN3O4/c1-3-4-5-6-11-29-20(26)14-25-9-7-15(8-10-25)24-21(27)16-12-17(22)18(23)13-19(16)28-2/h12-13,15H,3-11,14,23H2,1-2H3,(H,24,27). The number of halogens is 1. The molecule has 0 radical (unpaired) electrons. The monoisotopic (exact) mass is 425 g/mol. The molecule has 1 aliphatic rings. The maximum atomic E-state index is 12.6. The van der Waals surface area contributed by atoms with E-state index in [1.54, 1.807) is 6.07 Å². The highest BCUT2D eigenvalue weighted by molar-refractivity contribution is 6.33. The Morgan fingerprint density at radius 2 is 1.97 bits per heavy atom. The number of likely N-dealkylation sites (tertiary alicyclic amines) is 1. The third-order valence-electron chi connectivity index (χ3n) is 5.10. The largest absolute Gasteiger partial charge is 0.496 e. The molecule has 3 N–H and O–H groups in total. The van der Waals surface area contributed by atoms with Gasteiger partial charge in [0, 0.05) is 25.2 Å². The van der Waals surface area contributed by atoms with Gasteiger partial charge in [-0.1, -0.05) is 37.8 Å². The summed E-state index contributed by atoms with van der Waals surface area (Å²) in [5.41, 5.74) is 6.50. The molecule has 2 rings (SSSR count). The number of nitrogens with two attached hydrogens (primary N) is 1. The van der Waals surface area contributed by atoms with E-state index in [0.717, 1.165) is 45.2 Å². The lowest BCUT2D eigenvalue weighted by atomic mass is 10.0. The van der Waals surface area contributed by atoms with Gasteiger partial charge in [0.25, 0.3) is 5.91 Å². The summed E-state index contributed by atoms with van der Waals surface area (Å²) in [7, 11) is 1.49. The summed E-state index contributed by atoms with van der Waals surface area (Å²) in [6, 6.07) is 3.11. The lowest BCUT2D eigenvalue weighted by Gasteiger charge is -2.31. The number of anilines is 1. The molecular weight excluding hydrogens is 394 g/mol. The number of nitrogen functional groups attached to an aromatic ring is 1. The van der Waals surface area contributed by atoms with Crippen LogP contribution in [0.1, 0.15) is 55.8 Å². The van der Waals surface area contributed by atoms with E-state index < -0.39 is 0 Å². The molecule has 162 valence electrons. The smallest absolute Gasteiger partial charge is 0.320 e. The van der Waals surface area contributed by atoms with Crippen LogP contribution < -0.4 is 15.8 Å². The van der Waals surface area contributed by atoms with Crippen molar-refractivity contribution in [3.63, 3.8) is 0 Å². The topological polar surface area (TPSA) is 93.9 Å². The molecule has 1 heterocycles. The second-order valence-corrected chi connectivity index (χ2v) is 7.79. The van der Waals surface area contributed by atoms with Gasteiger partial charge in [-0.15, -0.1) is 0 Å². The van der Waals surface area contributed by atoms with Crippen LogP contribution in [0.5, 0.6) is 5.75 Å². The van der Waals surface area contributed by atoms with Gasteiger partial charge in [0.1, 0.15) is 5.75 Å². The second kappa shape index (κ2) is 11.9. The zero-order valence-corrected chi connectivity index (χ0v) is 18.1. The summed E-state index contributed by atoms with van der Waals surface area (Å²) >= 11 is 6.05. The number of unbranched alkanes of at least 4 members (excludes halogenated alkanes) is 3. The first-order valence-corrected chi connectivity index (χ1v) is 10.6. The molecule has 1 aliphatic heterocycles. The van der Waals surface area contributed by atoms with Crippen LogP contribution >= 0.6 is 11.6 Å². The Hall–Kier alpha value is -1.99. The van der Waals surface area contributed by atoms with Crippen LogP contribution in [-0.4, -0.2) is 56.2 Å². The molecule has 0 bridgehead atoms. The fourth-order valence-electron chi connectivity index (χ4n) is 3.36. The number of carbonyl (C=O) groups is 2. The molecule has 8 heteroatoms. The number of ether oxygens (including phenoxy) is 2. The Morgan fingerprint density at radius 1 is 1.24 bits per heavy atom. The Morgan fingerprint density at radius 3 is 2.62 bits per heavy atom. The minimum absolute atomic E-state index is 0.0323. The summed E-state index contributed by atoms with van der Waals surface area (Å²) in [4.78, 5) is 26.6. The van der Waals surface area contributed by atoms with E-state index in [-0.39, 0.29) is 17.9 Å². The van der Waals surface area contributed by atoms with E-state index in [1.165, 1.54) is 19.6 Å². The van der Waals surface area contributed by atoms with Gasteiger partial charge >= 0.3 is 5.97 Å². The molecule has 0 aromatic heterocycles. The number of hydrogen-bond donors (Lipinski definition) is 2. The molecule has 1 aromatic rings. The van der Waals surface area contributed by atoms with Crippen molar-refractivity contribution in [3.8, 4) is 5.75 Å². The van der Waals surface area contributed by atoms with Crippen molar-refractivity contribution in [2.45, 2.75) is 51.5 Å². The number of rotatable bonds is 10. The Balaban J connectivity index is 1.75. The van der Waals surface area contributed by atoms with Gasteiger partial charge in [-0.3, -0.25) is 14.5 Å². The number of hydrogen-bond acceptors (Lipinski definition) is 6. The van der Waals surface area contributed by atoms with Crippen LogP contribution in [0.2, 0.25) is 5.02 Å². The maximum Gasteiger partial charge on any atom is 0.320 e. The van der Waals surface area contributed by atoms with Crippen LogP contribution in [0.3, 0.4) is 0 Å². The highest BCUT2D eigenvalue weighted by Crippen LogP contribution is 2.29. The van der Waals surface area contributed by atoms with E-state index in [9.17, 15) is 9.59 Å². The molecule has 1 aromatic carbocycles. The number of nitrogens with one attached hydrogen (secondary N) is 1. The average Bonchev–Trinajstić information content (AvgIpc) is 2.71. The summed E-state index contributed by atoms with van der Waals surface area (Å²) in [6.45, 7) is 4.41. The molecule has 1 saturated heterocycles. The van der Waals surface area contributed by atoms with Crippen LogP contribution in [-0.2, 0) is 9.53 Å². The lowest BCUT2D eigenvalue weighted by Crippen LogP contribution is -2.46. The second-order valence-electron chi connectivity index (χ2n) is 7.38. The van der Waals surface area contributed by atoms with Gasteiger partial charge in [0.05, 0.1) is 36.5 Å². The molecule has 0 aliphatic carbocycles. The summed E-state index contributed by atoms with van der Waals surface area (Å²) in [5.74, 6) is -0.0255. The molecule has 1 fully saturated rings. The fraction of sp³-hybridized carbons (Fsp3) is 0.619. The first-order valence-electron chi connectivity index (χ1n) is 10.3. The van der Waals surface area contributed by atoms with E-state index in [0.29, 0.717) is 35.2 Å². The van der Waals surface area contributed by atoms with Crippen molar-refractivity contribution in [1.82, 2.24) is 10.2 Å². The van der Waals surface area contributed by atoms with Gasteiger partial charge in [-0.25, -0.2) is 0 Å². The Bertz CT molecular complexity index is 691. The minimum atomic E-state index is -0.242. The predicted octanol–water partition coefficient (Wildman–Crippen LogP) is 3.25. The SMILES string of the molecule is CCCCCCOC(=O)CN1CCC(NC(=O)c2cc(Cl)c(N)cc2OC)CC1. The van der Waals surface area contributed by atoms with Crippen molar-refractivity contribution in [1.29, 1.82) is 0 Å². The first-order chi connectivity index (χ1) is 13.9. The van der Waals surface area contributed by atoms with E-state index in [2.05, 4.69) is 17.1 Å². The van der Waals surface area contributed by atoms with Gasteiger partial charge in [0.2, 0.25) is 0 Å². The molecule has 1 amide bonds. The van der Waals surface area contributed by atoms with Gasteiger partial charge < -0.3 is 20.5 Å². The average molecular weight is 426 g/mol. The van der Waals surface area contributed by atoms with Crippen molar-refractivity contribution in [2.24, 2.45) is 0 Å². The number of nitrogens with zero attached hydrogens (tertiary/aromatic N) is 1. The molecule has 7 nitrogen and oxygen atoms in total. The third-order valence-corrected chi connectivity index (χ3v) is 5.43. The number of methoxy groups -OCH3 is 1. The van der Waals surface area contributed by atoms with Crippen LogP contribution in [0.25, 0.3) is 0 Å². The summed E-state index contributed by atoms with van der Waals surface area (Å²) < 4.78 is 10.5. The minimum Gasteiger partial charge on any atom is -0.496 e. The zero-order chi connectivity index (χ0) is 21.2. The van der Waals surface area contributed by atoms with E-state index in [4.69, 9.17) is 26.8 Å². The van der Waals surface area contributed by atoms with Crippen molar-refractivity contribution in [3.05, 3.63) is 22.7 Å². The predicted molar refractivity (Wildman–Crippen MR) is 114 cm³/mol. The number of amides is 1. The fourth-order valence-corrected chi connectivity index (χ4v) is 3.52. The number of benzene rings is 1. The van der Waals surface area contributed by atoms with Crippen LogP contribution in [0.15, 0.2) is 12.1 Å². The van der Waals surface area contributed by atoms with Crippen LogP contribution in [0, 0.1) is 0 Å². The third kappa shape index (κ3) is 7.40. The molecule has 0 atom stereocenters. The number of carbonyl (C=O) groups excluding carboxylic acids is 2. The number of piperidine rings is 1.